The summed E-state index contributed by atoms with van der Waals surface area (Å²) in [6, 6.07) is 2.24. The molecule has 1 saturated heterocycles. The summed E-state index contributed by atoms with van der Waals surface area (Å²) in [5.74, 6) is 0. The number of nitrogens with zero attached hydrogens (tertiary/aromatic N) is 1. The van der Waals surface area contributed by atoms with Crippen molar-refractivity contribution in [3.05, 3.63) is 0 Å². The molecule has 1 heterocycles. The Labute approximate surface area is 107 Å². The molecular formula is C15H30N2. The van der Waals surface area contributed by atoms with E-state index in [0.29, 0.717) is 5.41 Å². The summed E-state index contributed by atoms with van der Waals surface area (Å²) in [5.41, 5.74) is 0.505. The smallest absolute Gasteiger partial charge is 0.0121 e. The van der Waals surface area contributed by atoms with Gasteiger partial charge in [-0.1, -0.05) is 26.7 Å². The largest absolute Gasteiger partial charge is 0.311 e. The Morgan fingerprint density at radius 2 is 1.94 bits per heavy atom. The fourth-order valence-electron chi connectivity index (χ4n) is 3.53. The van der Waals surface area contributed by atoms with Gasteiger partial charge in [-0.15, -0.1) is 0 Å². The van der Waals surface area contributed by atoms with Gasteiger partial charge in [0.05, 0.1) is 0 Å². The molecule has 0 aromatic carbocycles. The quantitative estimate of drug-likeness (QED) is 0.795. The fourth-order valence-corrected chi connectivity index (χ4v) is 3.53. The summed E-state index contributed by atoms with van der Waals surface area (Å²) < 4.78 is 0. The van der Waals surface area contributed by atoms with Crippen LogP contribution in [-0.4, -0.2) is 36.6 Å². The lowest BCUT2D eigenvalue weighted by Gasteiger charge is -2.44. The SMILES string of the molecule is CC1CC(NC2CCCCC2(C)C)CCN1C. The van der Waals surface area contributed by atoms with Crippen LogP contribution in [0.4, 0.5) is 0 Å². The van der Waals surface area contributed by atoms with Gasteiger partial charge in [-0.3, -0.25) is 0 Å². The van der Waals surface area contributed by atoms with Crippen molar-refractivity contribution in [2.24, 2.45) is 5.41 Å². The van der Waals surface area contributed by atoms with E-state index in [1.165, 1.54) is 45.1 Å². The Hall–Kier alpha value is -0.0800. The van der Waals surface area contributed by atoms with Crippen LogP contribution in [0.5, 0.6) is 0 Å². The molecule has 0 spiro atoms. The van der Waals surface area contributed by atoms with Gasteiger partial charge in [-0.25, -0.2) is 0 Å². The predicted octanol–water partition coefficient (Wildman–Crippen LogP) is 3.03. The van der Waals surface area contributed by atoms with E-state index in [0.717, 1.165) is 18.1 Å². The van der Waals surface area contributed by atoms with Crippen molar-refractivity contribution in [2.45, 2.75) is 77.4 Å². The van der Waals surface area contributed by atoms with Gasteiger partial charge in [0.2, 0.25) is 0 Å². The zero-order valence-electron chi connectivity index (χ0n) is 12.1. The highest BCUT2D eigenvalue weighted by atomic mass is 15.1. The highest BCUT2D eigenvalue weighted by Crippen LogP contribution is 2.36. The van der Waals surface area contributed by atoms with Crippen molar-refractivity contribution in [1.82, 2.24) is 10.2 Å². The standard InChI is InChI=1S/C15H30N2/c1-12-11-13(8-10-17(12)4)16-14-7-5-6-9-15(14,2)3/h12-14,16H,5-11H2,1-4H3. The number of hydrogen-bond acceptors (Lipinski definition) is 2. The molecule has 0 aromatic rings. The van der Waals surface area contributed by atoms with E-state index >= 15 is 0 Å². The van der Waals surface area contributed by atoms with Crippen LogP contribution in [0.25, 0.3) is 0 Å². The third kappa shape index (κ3) is 3.23. The minimum atomic E-state index is 0.505. The predicted molar refractivity (Wildman–Crippen MR) is 74.3 cm³/mol. The van der Waals surface area contributed by atoms with E-state index in [1.807, 2.05) is 0 Å². The Morgan fingerprint density at radius 3 is 2.59 bits per heavy atom. The minimum absolute atomic E-state index is 0.505. The summed E-state index contributed by atoms with van der Waals surface area (Å²) in [4.78, 5) is 2.49. The average Bonchev–Trinajstić information content (AvgIpc) is 2.26. The number of likely N-dealkylation sites (tertiary alicyclic amines) is 1. The Morgan fingerprint density at radius 1 is 1.18 bits per heavy atom. The fraction of sp³-hybridized carbons (Fsp3) is 1.00. The highest BCUT2D eigenvalue weighted by Gasteiger charge is 2.34. The van der Waals surface area contributed by atoms with Gasteiger partial charge >= 0.3 is 0 Å². The molecule has 1 aliphatic heterocycles. The molecule has 2 rings (SSSR count). The van der Waals surface area contributed by atoms with Gasteiger partial charge in [0.25, 0.3) is 0 Å². The Kier molecular flexibility index (Phi) is 4.14. The summed E-state index contributed by atoms with van der Waals surface area (Å²) in [7, 11) is 2.26. The molecule has 3 unspecified atom stereocenters. The van der Waals surface area contributed by atoms with Crippen LogP contribution in [0.3, 0.4) is 0 Å². The first-order chi connectivity index (χ1) is 7.99. The lowest BCUT2D eigenvalue weighted by atomic mass is 9.73. The molecule has 0 amide bonds. The third-order valence-electron chi connectivity index (χ3n) is 5.15. The summed E-state index contributed by atoms with van der Waals surface area (Å²) in [6.45, 7) is 8.51. The monoisotopic (exact) mass is 238 g/mol. The van der Waals surface area contributed by atoms with Crippen LogP contribution in [-0.2, 0) is 0 Å². The molecule has 1 aliphatic carbocycles. The lowest BCUT2D eigenvalue weighted by molar-refractivity contribution is 0.115. The second-order valence-corrected chi connectivity index (χ2v) is 7.00. The van der Waals surface area contributed by atoms with Crippen LogP contribution < -0.4 is 5.32 Å². The Balaban J connectivity index is 1.88. The maximum Gasteiger partial charge on any atom is 0.0121 e. The van der Waals surface area contributed by atoms with Crippen molar-refractivity contribution < 1.29 is 0 Å². The van der Waals surface area contributed by atoms with E-state index in [4.69, 9.17) is 0 Å². The van der Waals surface area contributed by atoms with Crippen molar-refractivity contribution in [1.29, 1.82) is 0 Å². The summed E-state index contributed by atoms with van der Waals surface area (Å²) in [5, 5.41) is 3.97. The topological polar surface area (TPSA) is 15.3 Å². The first-order valence-electron chi connectivity index (χ1n) is 7.45. The van der Waals surface area contributed by atoms with Gasteiger partial charge in [0.15, 0.2) is 0 Å². The van der Waals surface area contributed by atoms with Crippen molar-refractivity contribution in [3.8, 4) is 0 Å². The summed E-state index contributed by atoms with van der Waals surface area (Å²) >= 11 is 0. The molecule has 100 valence electrons. The van der Waals surface area contributed by atoms with Gasteiger partial charge in [0, 0.05) is 18.1 Å². The van der Waals surface area contributed by atoms with E-state index < -0.39 is 0 Å². The number of hydrogen-bond donors (Lipinski definition) is 1. The molecule has 1 saturated carbocycles. The number of piperidine rings is 1. The molecule has 0 radical (unpaired) electrons. The summed E-state index contributed by atoms with van der Waals surface area (Å²) in [6.07, 6.45) is 8.27. The first kappa shape index (κ1) is 13.4. The zero-order valence-corrected chi connectivity index (χ0v) is 12.1. The molecule has 2 fully saturated rings. The number of nitrogens with one attached hydrogen (secondary N) is 1. The zero-order chi connectivity index (χ0) is 12.5. The van der Waals surface area contributed by atoms with Crippen LogP contribution in [0.1, 0.15) is 59.3 Å². The highest BCUT2D eigenvalue weighted by molar-refractivity contribution is 4.92. The molecule has 2 nitrogen and oxygen atoms in total. The van der Waals surface area contributed by atoms with Crippen LogP contribution in [0.15, 0.2) is 0 Å². The molecule has 3 atom stereocenters. The van der Waals surface area contributed by atoms with E-state index in [9.17, 15) is 0 Å². The van der Waals surface area contributed by atoms with Gasteiger partial charge in [-0.2, -0.15) is 0 Å². The third-order valence-corrected chi connectivity index (χ3v) is 5.15. The molecule has 2 heteroatoms. The van der Waals surface area contributed by atoms with Crippen LogP contribution in [0.2, 0.25) is 0 Å². The second-order valence-electron chi connectivity index (χ2n) is 7.00. The van der Waals surface area contributed by atoms with Crippen LogP contribution in [0, 0.1) is 5.41 Å². The minimum Gasteiger partial charge on any atom is -0.311 e. The van der Waals surface area contributed by atoms with Gasteiger partial charge in [-0.05, 0) is 51.6 Å². The maximum absolute atomic E-state index is 3.97. The molecule has 0 bridgehead atoms. The molecule has 2 aliphatic rings. The Bertz CT molecular complexity index is 249. The average molecular weight is 238 g/mol. The molecular weight excluding hydrogens is 208 g/mol. The van der Waals surface area contributed by atoms with Crippen molar-refractivity contribution >= 4 is 0 Å². The molecule has 17 heavy (non-hydrogen) atoms. The van der Waals surface area contributed by atoms with Gasteiger partial charge < -0.3 is 10.2 Å². The number of rotatable bonds is 2. The van der Waals surface area contributed by atoms with E-state index in [-0.39, 0.29) is 0 Å². The van der Waals surface area contributed by atoms with E-state index in [2.05, 4.69) is 38.0 Å². The normalized spacial score (nSPS) is 39.2. The van der Waals surface area contributed by atoms with Crippen LogP contribution >= 0.6 is 0 Å². The second kappa shape index (κ2) is 5.27. The maximum atomic E-state index is 3.97. The lowest BCUT2D eigenvalue weighted by Crippen LogP contribution is -2.53. The van der Waals surface area contributed by atoms with Crippen molar-refractivity contribution in [3.63, 3.8) is 0 Å². The molecule has 1 N–H and O–H groups in total. The van der Waals surface area contributed by atoms with Gasteiger partial charge in [0.1, 0.15) is 0 Å². The molecule has 0 aromatic heterocycles. The van der Waals surface area contributed by atoms with Crippen molar-refractivity contribution in [2.75, 3.05) is 13.6 Å². The van der Waals surface area contributed by atoms with E-state index in [1.54, 1.807) is 0 Å². The first-order valence-corrected chi connectivity index (χ1v) is 7.45.